The first-order chi connectivity index (χ1) is 6.06. The average Bonchev–Trinajstić information content (AvgIpc) is 2.09. The van der Waals surface area contributed by atoms with Crippen LogP contribution in [0.1, 0.15) is 0 Å². The summed E-state index contributed by atoms with van der Waals surface area (Å²) in [6.07, 6.45) is 1.78. The van der Waals surface area contributed by atoms with Crippen molar-refractivity contribution in [3.8, 4) is 0 Å². The van der Waals surface area contributed by atoms with Crippen LogP contribution in [0.5, 0.6) is 0 Å². The van der Waals surface area contributed by atoms with Gasteiger partial charge in [-0.3, -0.25) is 10.1 Å². The van der Waals surface area contributed by atoms with Crippen molar-refractivity contribution in [1.29, 1.82) is 0 Å². The molecule has 0 N–H and O–H groups in total. The summed E-state index contributed by atoms with van der Waals surface area (Å²) in [5, 5.41) is 11.0. The molecule has 1 rings (SSSR count). The highest BCUT2D eigenvalue weighted by Crippen LogP contribution is 2.35. The van der Waals surface area contributed by atoms with E-state index in [4.69, 9.17) is 23.2 Å². The zero-order valence-corrected chi connectivity index (χ0v) is 8.91. The summed E-state index contributed by atoms with van der Waals surface area (Å²) in [7, 11) is 0. The molecule has 0 saturated heterocycles. The summed E-state index contributed by atoms with van der Waals surface area (Å²) in [5.41, 5.74) is -0.0428. The molecule has 3 nitrogen and oxygen atoms in total. The standard InChI is InChI=1S/C7H5Cl2NO2S/c1-13-6-3-4(10(11)12)2-5(8)7(6)9/h2-3H,1H3. The molecule has 0 amide bonds. The summed E-state index contributed by atoms with van der Waals surface area (Å²) in [4.78, 5) is 10.5. The number of thioether (sulfide) groups is 1. The average molecular weight is 238 g/mol. The van der Waals surface area contributed by atoms with Gasteiger partial charge in [0.25, 0.3) is 5.69 Å². The molecule has 0 aliphatic heterocycles. The van der Waals surface area contributed by atoms with Crippen LogP contribution in [0.2, 0.25) is 10.0 Å². The second-order valence-electron chi connectivity index (χ2n) is 2.20. The SMILES string of the molecule is CSc1cc([N+](=O)[O-])cc(Cl)c1Cl. The molecule has 0 fully saturated rings. The van der Waals surface area contributed by atoms with E-state index in [2.05, 4.69) is 0 Å². The third-order valence-electron chi connectivity index (χ3n) is 1.41. The number of nitrogens with zero attached hydrogens (tertiary/aromatic N) is 1. The van der Waals surface area contributed by atoms with Crippen LogP contribution in [0.15, 0.2) is 17.0 Å². The van der Waals surface area contributed by atoms with E-state index in [-0.39, 0.29) is 10.7 Å². The van der Waals surface area contributed by atoms with Gasteiger partial charge in [0, 0.05) is 17.0 Å². The third-order valence-corrected chi connectivity index (χ3v) is 3.09. The van der Waals surface area contributed by atoms with Crippen LogP contribution >= 0.6 is 35.0 Å². The maximum atomic E-state index is 10.4. The topological polar surface area (TPSA) is 43.1 Å². The van der Waals surface area contributed by atoms with Crippen LogP contribution in [0.4, 0.5) is 5.69 Å². The van der Waals surface area contributed by atoms with Crippen LogP contribution in [0.25, 0.3) is 0 Å². The number of benzene rings is 1. The first-order valence-electron chi connectivity index (χ1n) is 3.23. The molecule has 0 heterocycles. The Labute approximate surface area is 89.2 Å². The fraction of sp³-hybridized carbons (Fsp3) is 0.143. The molecule has 0 bridgehead atoms. The van der Waals surface area contributed by atoms with E-state index < -0.39 is 4.92 Å². The number of nitro benzene ring substituents is 1. The molecule has 0 unspecified atom stereocenters. The molecule has 70 valence electrons. The van der Waals surface area contributed by atoms with Gasteiger partial charge in [0.05, 0.1) is 15.0 Å². The van der Waals surface area contributed by atoms with Gasteiger partial charge in [-0.15, -0.1) is 11.8 Å². The molecule has 0 atom stereocenters. The van der Waals surface area contributed by atoms with E-state index in [1.165, 1.54) is 23.9 Å². The second-order valence-corrected chi connectivity index (χ2v) is 3.83. The van der Waals surface area contributed by atoms with Gasteiger partial charge in [-0.2, -0.15) is 0 Å². The molecular weight excluding hydrogens is 233 g/mol. The predicted molar refractivity (Wildman–Crippen MR) is 54.9 cm³/mol. The van der Waals surface area contributed by atoms with Crippen molar-refractivity contribution in [2.45, 2.75) is 4.90 Å². The van der Waals surface area contributed by atoms with E-state index in [0.29, 0.717) is 9.92 Å². The molecule has 0 aliphatic carbocycles. The largest absolute Gasteiger partial charge is 0.272 e. The smallest absolute Gasteiger partial charge is 0.258 e. The number of halogens is 2. The van der Waals surface area contributed by atoms with Gasteiger partial charge in [0.15, 0.2) is 0 Å². The zero-order chi connectivity index (χ0) is 10.0. The Balaban J connectivity index is 3.30. The minimum atomic E-state index is -0.498. The molecule has 0 spiro atoms. The van der Waals surface area contributed by atoms with Crippen LogP contribution in [0, 0.1) is 10.1 Å². The molecule has 1 aromatic carbocycles. The van der Waals surface area contributed by atoms with Gasteiger partial charge in [-0.25, -0.2) is 0 Å². The molecular formula is C7H5Cl2NO2S. The van der Waals surface area contributed by atoms with Crippen LogP contribution in [0.3, 0.4) is 0 Å². The van der Waals surface area contributed by atoms with Crippen molar-refractivity contribution in [2.75, 3.05) is 6.26 Å². The predicted octanol–water partition coefficient (Wildman–Crippen LogP) is 3.62. The van der Waals surface area contributed by atoms with E-state index >= 15 is 0 Å². The second kappa shape index (κ2) is 4.17. The van der Waals surface area contributed by atoms with Crippen LogP contribution < -0.4 is 0 Å². The highest BCUT2D eigenvalue weighted by atomic mass is 35.5. The van der Waals surface area contributed by atoms with Crippen LogP contribution in [-0.4, -0.2) is 11.2 Å². The molecule has 0 aliphatic rings. The number of rotatable bonds is 2. The number of hydrogen-bond donors (Lipinski definition) is 0. The molecule has 0 saturated carbocycles. The summed E-state index contributed by atoms with van der Waals surface area (Å²) < 4.78 is 0. The lowest BCUT2D eigenvalue weighted by Crippen LogP contribution is -1.88. The van der Waals surface area contributed by atoms with E-state index in [1.807, 2.05) is 0 Å². The van der Waals surface area contributed by atoms with E-state index in [9.17, 15) is 10.1 Å². The molecule has 0 aromatic heterocycles. The van der Waals surface area contributed by atoms with Gasteiger partial charge in [0.2, 0.25) is 0 Å². The fourth-order valence-electron chi connectivity index (χ4n) is 0.804. The Bertz CT molecular complexity index is 357. The lowest BCUT2D eigenvalue weighted by Gasteiger charge is -2.01. The first kappa shape index (κ1) is 10.6. The van der Waals surface area contributed by atoms with Crippen molar-refractivity contribution in [3.63, 3.8) is 0 Å². The van der Waals surface area contributed by atoms with Gasteiger partial charge in [0.1, 0.15) is 0 Å². The highest BCUT2D eigenvalue weighted by Gasteiger charge is 2.13. The highest BCUT2D eigenvalue weighted by molar-refractivity contribution is 7.98. The molecule has 1 aromatic rings. The van der Waals surface area contributed by atoms with Crippen molar-refractivity contribution >= 4 is 40.7 Å². The van der Waals surface area contributed by atoms with Crippen molar-refractivity contribution in [3.05, 3.63) is 32.3 Å². The van der Waals surface area contributed by atoms with Gasteiger partial charge in [-0.05, 0) is 6.26 Å². The Morgan fingerprint density at radius 2 is 2.08 bits per heavy atom. The first-order valence-corrected chi connectivity index (χ1v) is 5.21. The molecule has 0 radical (unpaired) electrons. The van der Waals surface area contributed by atoms with Crippen molar-refractivity contribution in [2.24, 2.45) is 0 Å². The summed E-state index contributed by atoms with van der Waals surface area (Å²) in [5.74, 6) is 0. The maximum Gasteiger partial charge on any atom is 0.272 e. The lowest BCUT2D eigenvalue weighted by molar-refractivity contribution is -0.385. The Morgan fingerprint density at radius 1 is 1.46 bits per heavy atom. The van der Waals surface area contributed by atoms with Crippen molar-refractivity contribution < 1.29 is 4.92 Å². The number of hydrogen-bond acceptors (Lipinski definition) is 3. The Kier molecular flexibility index (Phi) is 3.41. The van der Waals surface area contributed by atoms with Gasteiger partial charge < -0.3 is 0 Å². The van der Waals surface area contributed by atoms with Crippen molar-refractivity contribution in [1.82, 2.24) is 0 Å². The summed E-state index contributed by atoms with van der Waals surface area (Å²) in [6.45, 7) is 0. The van der Waals surface area contributed by atoms with E-state index in [1.54, 1.807) is 6.26 Å². The number of nitro groups is 1. The Morgan fingerprint density at radius 3 is 2.54 bits per heavy atom. The normalized spacial score (nSPS) is 10.1. The number of non-ortho nitro benzene ring substituents is 1. The van der Waals surface area contributed by atoms with Crippen LogP contribution in [-0.2, 0) is 0 Å². The monoisotopic (exact) mass is 237 g/mol. The van der Waals surface area contributed by atoms with E-state index in [0.717, 1.165) is 0 Å². The van der Waals surface area contributed by atoms with Gasteiger partial charge >= 0.3 is 0 Å². The lowest BCUT2D eigenvalue weighted by atomic mass is 10.3. The third kappa shape index (κ3) is 2.27. The zero-order valence-electron chi connectivity index (χ0n) is 6.58. The molecule has 6 heteroatoms. The minimum absolute atomic E-state index is 0.0428. The minimum Gasteiger partial charge on any atom is -0.258 e. The van der Waals surface area contributed by atoms with Gasteiger partial charge in [-0.1, -0.05) is 23.2 Å². The Hall–Kier alpha value is -0.450. The molecule has 13 heavy (non-hydrogen) atoms. The summed E-state index contributed by atoms with van der Waals surface area (Å²) in [6, 6.07) is 2.64. The fourth-order valence-corrected chi connectivity index (χ4v) is 1.94. The maximum absolute atomic E-state index is 10.4. The summed E-state index contributed by atoms with van der Waals surface area (Å²) >= 11 is 12.8. The quantitative estimate of drug-likeness (QED) is 0.449.